The van der Waals surface area contributed by atoms with E-state index in [0.717, 1.165) is 10.7 Å². The van der Waals surface area contributed by atoms with Crippen LogP contribution >= 0.6 is 34.5 Å². The van der Waals surface area contributed by atoms with Crippen molar-refractivity contribution in [3.8, 4) is 5.69 Å². The number of nitrogens with zero attached hydrogens (tertiary/aromatic N) is 3. The lowest BCUT2D eigenvalue weighted by Crippen LogP contribution is -2.23. The predicted molar refractivity (Wildman–Crippen MR) is 113 cm³/mol. The number of anilines is 1. The molecule has 27 heavy (non-hydrogen) atoms. The van der Waals surface area contributed by atoms with Crippen LogP contribution in [0.4, 0.5) is 5.69 Å². The van der Waals surface area contributed by atoms with Gasteiger partial charge in [0, 0.05) is 15.8 Å². The molecule has 0 spiro atoms. The molecule has 0 amide bonds. The van der Waals surface area contributed by atoms with Crippen molar-refractivity contribution in [3.05, 3.63) is 66.9 Å². The monoisotopic (exact) mass is 422 g/mol. The maximum Gasteiger partial charge on any atom is 0.292 e. The summed E-state index contributed by atoms with van der Waals surface area (Å²) in [5, 5.41) is 11.1. The molecule has 0 saturated carbocycles. The molecule has 3 aromatic rings. The van der Waals surface area contributed by atoms with Crippen LogP contribution in [0, 0.1) is 0 Å². The molecule has 0 radical (unpaired) electrons. The largest absolute Gasteiger partial charge is 0.373 e. The van der Waals surface area contributed by atoms with Gasteiger partial charge in [0.25, 0.3) is 5.56 Å². The van der Waals surface area contributed by atoms with Gasteiger partial charge in [-0.1, -0.05) is 44.0 Å². The highest BCUT2D eigenvalue weighted by Gasteiger charge is 2.20. The second kappa shape index (κ2) is 7.62. The fourth-order valence-corrected chi connectivity index (χ4v) is 3.79. The Balaban J connectivity index is 1.85. The average molecular weight is 423 g/mol. The van der Waals surface area contributed by atoms with E-state index in [2.05, 4.69) is 36.6 Å². The smallest absolute Gasteiger partial charge is 0.292 e. The lowest BCUT2D eigenvalue weighted by molar-refractivity contribution is 0.569. The molecule has 1 N–H and O–H groups in total. The molecule has 2 aromatic heterocycles. The Bertz CT molecular complexity index is 1010. The molecule has 3 rings (SSSR count). The van der Waals surface area contributed by atoms with E-state index in [1.165, 1.54) is 4.68 Å². The van der Waals surface area contributed by atoms with Crippen LogP contribution in [0.5, 0.6) is 0 Å². The van der Waals surface area contributed by atoms with Gasteiger partial charge in [-0.05, 0) is 31.2 Å². The van der Waals surface area contributed by atoms with Crippen molar-refractivity contribution in [3.63, 3.8) is 0 Å². The molecule has 0 aliphatic rings. The third-order valence-corrected chi connectivity index (χ3v) is 5.67. The van der Waals surface area contributed by atoms with Crippen molar-refractivity contribution in [2.75, 3.05) is 5.32 Å². The van der Waals surface area contributed by atoms with Crippen molar-refractivity contribution in [2.24, 2.45) is 0 Å². The van der Waals surface area contributed by atoms with Gasteiger partial charge >= 0.3 is 0 Å². The second-order valence-corrected chi connectivity index (χ2v) is 8.96. The number of nitrogens with one attached hydrogen (secondary N) is 1. The summed E-state index contributed by atoms with van der Waals surface area (Å²) in [7, 11) is 0. The summed E-state index contributed by atoms with van der Waals surface area (Å²) < 4.78 is 1.25. The van der Waals surface area contributed by atoms with Gasteiger partial charge in [-0.2, -0.15) is 9.78 Å². The van der Waals surface area contributed by atoms with Gasteiger partial charge in [0.15, 0.2) is 0 Å². The van der Waals surface area contributed by atoms with Gasteiger partial charge in [0.2, 0.25) is 0 Å². The maximum absolute atomic E-state index is 12.6. The number of hydrogen-bond donors (Lipinski definition) is 1. The summed E-state index contributed by atoms with van der Waals surface area (Å²) in [4.78, 5) is 17.3. The van der Waals surface area contributed by atoms with Gasteiger partial charge in [0.1, 0.15) is 10.0 Å². The third-order valence-electron chi connectivity index (χ3n) is 4.02. The first kappa shape index (κ1) is 19.9. The zero-order chi connectivity index (χ0) is 19.8. The number of rotatable bonds is 4. The normalized spacial score (nSPS) is 12.8. The first-order valence-electron chi connectivity index (χ1n) is 8.43. The SMILES string of the molecule is CC(Nc1cnn(-c2ccc(Cl)cc2)c(=O)c1Cl)c1nc(C(C)(C)C)cs1. The van der Waals surface area contributed by atoms with Crippen molar-refractivity contribution in [2.45, 2.75) is 39.2 Å². The number of aromatic nitrogens is 3. The van der Waals surface area contributed by atoms with Crippen LogP contribution in [0.15, 0.2) is 40.6 Å². The highest BCUT2D eigenvalue weighted by molar-refractivity contribution is 7.09. The molecule has 1 atom stereocenters. The van der Waals surface area contributed by atoms with Crippen LogP contribution in [0.1, 0.15) is 44.4 Å². The summed E-state index contributed by atoms with van der Waals surface area (Å²) in [5.74, 6) is 0. The molecule has 0 saturated heterocycles. The number of hydrogen-bond acceptors (Lipinski definition) is 5. The molecule has 5 nitrogen and oxygen atoms in total. The Morgan fingerprint density at radius 1 is 1.19 bits per heavy atom. The first-order valence-corrected chi connectivity index (χ1v) is 10.1. The molecule has 0 bridgehead atoms. The fraction of sp³-hybridized carbons (Fsp3) is 0.316. The quantitative estimate of drug-likeness (QED) is 0.605. The van der Waals surface area contributed by atoms with E-state index in [1.807, 2.05) is 6.92 Å². The molecular weight excluding hydrogens is 403 g/mol. The minimum absolute atomic E-state index is 0.00722. The standard InChI is InChI=1S/C19H20Cl2N4OS/c1-11(17-24-15(10-27-17)19(2,3)4)23-14-9-22-25(18(26)16(14)21)13-7-5-12(20)6-8-13/h5-11,23H,1-4H3. The van der Waals surface area contributed by atoms with Crippen LogP contribution in [0.25, 0.3) is 5.69 Å². The molecule has 0 aliphatic carbocycles. The van der Waals surface area contributed by atoms with Crippen LogP contribution in [-0.2, 0) is 5.41 Å². The van der Waals surface area contributed by atoms with Gasteiger partial charge in [-0.15, -0.1) is 11.3 Å². The van der Waals surface area contributed by atoms with Crippen LogP contribution in [0.2, 0.25) is 10.0 Å². The third kappa shape index (κ3) is 4.34. The Morgan fingerprint density at radius 3 is 2.44 bits per heavy atom. The molecule has 2 heterocycles. The highest BCUT2D eigenvalue weighted by atomic mass is 35.5. The zero-order valence-electron chi connectivity index (χ0n) is 15.5. The number of thiazole rings is 1. The number of halogens is 2. The van der Waals surface area contributed by atoms with Gasteiger partial charge < -0.3 is 5.32 Å². The molecule has 1 unspecified atom stereocenters. The summed E-state index contributed by atoms with van der Waals surface area (Å²) in [5.41, 5.74) is 1.71. The molecule has 142 valence electrons. The minimum Gasteiger partial charge on any atom is -0.373 e. The van der Waals surface area contributed by atoms with Gasteiger partial charge in [0.05, 0.1) is 29.3 Å². The lowest BCUT2D eigenvalue weighted by Gasteiger charge is -2.16. The van der Waals surface area contributed by atoms with Crippen molar-refractivity contribution in [1.29, 1.82) is 0 Å². The molecule has 8 heteroatoms. The Hall–Kier alpha value is -1.89. The zero-order valence-corrected chi connectivity index (χ0v) is 17.8. The lowest BCUT2D eigenvalue weighted by atomic mass is 9.93. The maximum atomic E-state index is 12.6. The van der Waals surface area contributed by atoms with E-state index >= 15 is 0 Å². The van der Waals surface area contributed by atoms with Gasteiger partial charge in [-0.3, -0.25) is 4.79 Å². The molecule has 1 aromatic carbocycles. The Kier molecular flexibility index (Phi) is 5.60. The summed E-state index contributed by atoms with van der Waals surface area (Å²) in [6, 6.07) is 6.72. The summed E-state index contributed by atoms with van der Waals surface area (Å²) in [6.07, 6.45) is 1.55. The Labute approximate surface area is 172 Å². The van der Waals surface area contributed by atoms with E-state index in [-0.39, 0.29) is 16.5 Å². The predicted octanol–water partition coefficient (Wildman–Crippen LogP) is 5.47. The first-order chi connectivity index (χ1) is 12.7. The van der Waals surface area contributed by atoms with E-state index in [9.17, 15) is 4.79 Å². The average Bonchev–Trinajstić information content (AvgIpc) is 3.11. The van der Waals surface area contributed by atoms with E-state index in [4.69, 9.17) is 28.2 Å². The van der Waals surface area contributed by atoms with Crippen LogP contribution in [-0.4, -0.2) is 14.8 Å². The van der Waals surface area contributed by atoms with Crippen molar-refractivity contribution in [1.82, 2.24) is 14.8 Å². The Morgan fingerprint density at radius 2 is 1.85 bits per heavy atom. The topological polar surface area (TPSA) is 59.8 Å². The van der Waals surface area contributed by atoms with E-state index < -0.39 is 5.56 Å². The van der Waals surface area contributed by atoms with Gasteiger partial charge in [-0.25, -0.2) is 4.98 Å². The van der Waals surface area contributed by atoms with E-state index in [0.29, 0.717) is 16.4 Å². The summed E-state index contributed by atoms with van der Waals surface area (Å²) in [6.45, 7) is 8.36. The number of benzene rings is 1. The fourth-order valence-electron chi connectivity index (χ4n) is 2.43. The highest BCUT2D eigenvalue weighted by Crippen LogP contribution is 2.29. The summed E-state index contributed by atoms with van der Waals surface area (Å²) >= 11 is 13.8. The van der Waals surface area contributed by atoms with Crippen molar-refractivity contribution < 1.29 is 0 Å². The van der Waals surface area contributed by atoms with Crippen molar-refractivity contribution >= 4 is 40.2 Å². The van der Waals surface area contributed by atoms with Crippen LogP contribution < -0.4 is 10.9 Å². The van der Waals surface area contributed by atoms with E-state index in [1.54, 1.807) is 41.8 Å². The minimum atomic E-state index is -0.397. The molecule has 0 aliphatic heterocycles. The molecular formula is C19H20Cl2N4OS. The second-order valence-electron chi connectivity index (χ2n) is 7.25. The molecule has 0 fully saturated rings. The van der Waals surface area contributed by atoms with Crippen LogP contribution in [0.3, 0.4) is 0 Å².